The van der Waals surface area contributed by atoms with Crippen LogP contribution in [0.3, 0.4) is 0 Å². The predicted octanol–water partition coefficient (Wildman–Crippen LogP) is -0.776. The van der Waals surface area contributed by atoms with Crippen LogP contribution in [0.15, 0.2) is 0 Å². The van der Waals surface area contributed by atoms with Crippen LogP contribution in [0.4, 0.5) is 0 Å². The smallest absolute Gasteiger partial charge is 0.308 e. The van der Waals surface area contributed by atoms with Crippen molar-refractivity contribution < 1.29 is 19.5 Å². The summed E-state index contributed by atoms with van der Waals surface area (Å²) in [5, 5.41) is 17.6. The summed E-state index contributed by atoms with van der Waals surface area (Å²) < 4.78 is 0. The maximum atomic E-state index is 12.1. The zero-order chi connectivity index (χ0) is 14.5. The number of rotatable bonds is 3. The minimum atomic E-state index is -0.845. The van der Waals surface area contributed by atoms with Crippen molar-refractivity contribution in [3.8, 4) is 0 Å². The second-order valence-corrected chi connectivity index (χ2v) is 5.44. The van der Waals surface area contributed by atoms with Crippen LogP contribution in [-0.2, 0) is 14.4 Å². The molecule has 4 N–H and O–H groups in total. The third-order valence-corrected chi connectivity index (χ3v) is 3.99. The van der Waals surface area contributed by atoms with Gasteiger partial charge in [0.1, 0.15) is 6.04 Å². The van der Waals surface area contributed by atoms with E-state index in [9.17, 15) is 19.5 Å². The second kappa shape index (κ2) is 6.69. The Balaban J connectivity index is 1.93. The first-order valence-electron chi connectivity index (χ1n) is 7.11. The number of carboxylic acids is 1. The zero-order valence-electron chi connectivity index (χ0n) is 11.4. The van der Waals surface area contributed by atoms with Crippen LogP contribution in [0.2, 0.25) is 0 Å². The van der Waals surface area contributed by atoms with Gasteiger partial charge in [0.05, 0.1) is 12.5 Å². The summed E-state index contributed by atoms with van der Waals surface area (Å²) in [4.78, 5) is 34.5. The Bertz CT molecular complexity index is 389. The normalized spacial score (nSPS) is 31.0. The fraction of sp³-hybridized carbons (Fsp3) is 0.769. The van der Waals surface area contributed by atoms with E-state index in [1.165, 1.54) is 0 Å². The largest absolute Gasteiger partial charge is 0.481 e. The quantitative estimate of drug-likeness (QED) is 0.508. The molecule has 0 radical (unpaired) electrons. The molecule has 1 heterocycles. The minimum absolute atomic E-state index is 0.116. The van der Waals surface area contributed by atoms with Gasteiger partial charge in [0.15, 0.2) is 0 Å². The van der Waals surface area contributed by atoms with Crippen LogP contribution >= 0.6 is 0 Å². The molecule has 1 saturated carbocycles. The Morgan fingerprint density at radius 1 is 1.20 bits per heavy atom. The molecule has 0 spiro atoms. The highest BCUT2D eigenvalue weighted by Crippen LogP contribution is 2.23. The average Bonchev–Trinajstić information content (AvgIpc) is 2.65. The third kappa shape index (κ3) is 3.69. The van der Waals surface area contributed by atoms with Crippen LogP contribution in [0.1, 0.15) is 32.1 Å². The van der Waals surface area contributed by atoms with E-state index >= 15 is 0 Å². The molecule has 1 saturated heterocycles. The highest BCUT2D eigenvalue weighted by molar-refractivity contribution is 5.87. The topological polar surface area (TPSA) is 108 Å². The van der Waals surface area contributed by atoms with Gasteiger partial charge < -0.3 is 15.7 Å². The first-order valence-corrected chi connectivity index (χ1v) is 7.11. The maximum absolute atomic E-state index is 12.1. The Morgan fingerprint density at radius 2 is 1.95 bits per heavy atom. The van der Waals surface area contributed by atoms with E-state index in [0.717, 1.165) is 19.3 Å². The van der Waals surface area contributed by atoms with Crippen LogP contribution < -0.4 is 16.0 Å². The molecular weight excluding hydrogens is 262 g/mol. The van der Waals surface area contributed by atoms with Gasteiger partial charge in [-0.25, -0.2) is 0 Å². The predicted molar refractivity (Wildman–Crippen MR) is 70.9 cm³/mol. The number of carbonyl (C=O) groups is 3. The van der Waals surface area contributed by atoms with Crippen LogP contribution in [0.5, 0.6) is 0 Å². The number of aliphatic carboxylic acids is 1. The van der Waals surface area contributed by atoms with E-state index in [1.807, 2.05) is 0 Å². The zero-order valence-corrected chi connectivity index (χ0v) is 11.4. The summed E-state index contributed by atoms with van der Waals surface area (Å²) in [5.41, 5.74) is 0. The fourth-order valence-corrected chi connectivity index (χ4v) is 2.81. The van der Waals surface area contributed by atoms with E-state index in [1.54, 1.807) is 0 Å². The first-order chi connectivity index (χ1) is 9.58. The Labute approximate surface area is 117 Å². The molecule has 2 rings (SSSR count). The lowest BCUT2D eigenvalue weighted by molar-refractivity contribution is -0.143. The molecule has 3 atom stereocenters. The number of carbonyl (C=O) groups excluding carboxylic acids is 2. The van der Waals surface area contributed by atoms with Gasteiger partial charge in [-0.05, 0) is 12.8 Å². The lowest BCUT2D eigenvalue weighted by atomic mass is 9.94. The number of piperazine rings is 1. The van der Waals surface area contributed by atoms with Gasteiger partial charge in [0.2, 0.25) is 11.8 Å². The molecule has 7 nitrogen and oxygen atoms in total. The van der Waals surface area contributed by atoms with E-state index in [-0.39, 0.29) is 30.9 Å². The Kier molecular flexibility index (Phi) is 4.94. The van der Waals surface area contributed by atoms with Crippen molar-refractivity contribution >= 4 is 17.8 Å². The molecule has 0 aromatic rings. The van der Waals surface area contributed by atoms with Gasteiger partial charge in [0, 0.05) is 12.6 Å². The number of hydrogen-bond donors (Lipinski definition) is 4. The highest BCUT2D eigenvalue weighted by atomic mass is 16.4. The molecule has 2 aliphatic rings. The average molecular weight is 283 g/mol. The van der Waals surface area contributed by atoms with Crippen molar-refractivity contribution in [2.24, 2.45) is 5.92 Å². The summed E-state index contributed by atoms with van der Waals surface area (Å²) >= 11 is 0. The summed E-state index contributed by atoms with van der Waals surface area (Å²) in [7, 11) is 0. The van der Waals surface area contributed by atoms with Crippen LogP contribution in [-0.4, -0.2) is 48.1 Å². The van der Waals surface area contributed by atoms with Crippen molar-refractivity contribution in [1.29, 1.82) is 0 Å². The molecule has 1 aliphatic heterocycles. The molecule has 0 bridgehead atoms. The number of amides is 2. The van der Waals surface area contributed by atoms with Crippen molar-refractivity contribution in [3.63, 3.8) is 0 Å². The highest BCUT2D eigenvalue weighted by Gasteiger charge is 2.33. The van der Waals surface area contributed by atoms with Crippen molar-refractivity contribution in [2.45, 2.75) is 44.2 Å². The number of hydrogen-bond acceptors (Lipinski definition) is 4. The van der Waals surface area contributed by atoms with Crippen LogP contribution in [0.25, 0.3) is 0 Å². The second-order valence-electron chi connectivity index (χ2n) is 5.44. The van der Waals surface area contributed by atoms with Gasteiger partial charge in [-0.3, -0.25) is 19.7 Å². The minimum Gasteiger partial charge on any atom is -0.481 e. The molecular formula is C13H21N3O4. The van der Waals surface area contributed by atoms with Crippen molar-refractivity contribution in [2.75, 3.05) is 13.1 Å². The molecule has 0 aromatic heterocycles. The molecule has 7 heteroatoms. The van der Waals surface area contributed by atoms with Crippen molar-refractivity contribution in [1.82, 2.24) is 16.0 Å². The van der Waals surface area contributed by atoms with Gasteiger partial charge in [-0.1, -0.05) is 19.3 Å². The molecule has 20 heavy (non-hydrogen) atoms. The molecule has 2 fully saturated rings. The van der Waals surface area contributed by atoms with Gasteiger partial charge in [0.25, 0.3) is 0 Å². The van der Waals surface area contributed by atoms with E-state index in [4.69, 9.17) is 0 Å². The first kappa shape index (κ1) is 14.8. The Morgan fingerprint density at radius 3 is 2.60 bits per heavy atom. The van der Waals surface area contributed by atoms with Gasteiger partial charge in [-0.2, -0.15) is 0 Å². The number of carboxylic acid groups (broad SMARTS) is 1. The summed E-state index contributed by atoms with van der Waals surface area (Å²) in [6.45, 7) is 0.361. The van der Waals surface area contributed by atoms with E-state index in [2.05, 4.69) is 16.0 Å². The fourth-order valence-electron chi connectivity index (χ4n) is 2.81. The van der Waals surface area contributed by atoms with Gasteiger partial charge >= 0.3 is 5.97 Å². The molecule has 112 valence electrons. The molecule has 3 unspecified atom stereocenters. The third-order valence-electron chi connectivity index (χ3n) is 3.99. The molecule has 2 amide bonds. The molecule has 1 aliphatic carbocycles. The standard InChI is InChI=1S/C13H21N3O4/c17-11-7-14-10(6-15-11)12(18)16-9-5-3-1-2-4-8(9)13(19)20/h8-10,14H,1-7H2,(H,15,17)(H,16,18)(H,19,20). The lowest BCUT2D eigenvalue weighted by Crippen LogP contribution is -2.59. The Hall–Kier alpha value is -1.63. The summed E-state index contributed by atoms with van der Waals surface area (Å²) in [6, 6.07) is -0.799. The monoisotopic (exact) mass is 283 g/mol. The summed E-state index contributed by atoms with van der Waals surface area (Å²) in [5.74, 6) is -1.73. The van der Waals surface area contributed by atoms with E-state index in [0.29, 0.717) is 12.8 Å². The SMILES string of the molecule is O=C1CNC(C(=O)NC2CCCCCC2C(=O)O)CN1. The lowest BCUT2D eigenvalue weighted by Gasteiger charge is -2.28. The summed E-state index contributed by atoms with van der Waals surface area (Å²) in [6.07, 6.45) is 4.13. The molecule has 0 aromatic carbocycles. The number of nitrogens with one attached hydrogen (secondary N) is 3. The maximum Gasteiger partial charge on any atom is 0.308 e. The van der Waals surface area contributed by atoms with E-state index < -0.39 is 17.9 Å². The van der Waals surface area contributed by atoms with Gasteiger partial charge in [-0.15, -0.1) is 0 Å². The van der Waals surface area contributed by atoms with Crippen molar-refractivity contribution in [3.05, 3.63) is 0 Å². The van der Waals surface area contributed by atoms with Crippen LogP contribution in [0, 0.1) is 5.92 Å².